The van der Waals surface area contributed by atoms with E-state index in [1.807, 2.05) is 42.5 Å². The van der Waals surface area contributed by atoms with E-state index < -0.39 is 0 Å². The van der Waals surface area contributed by atoms with E-state index in [4.69, 9.17) is 22.1 Å². The van der Waals surface area contributed by atoms with E-state index in [2.05, 4.69) is 15.3 Å². The summed E-state index contributed by atoms with van der Waals surface area (Å²) in [5, 5.41) is 12.1. The molecule has 0 unspecified atom stereocenters. The van der Waals surface area contributed by atoms with Crippen LogP contribution in [0.25, 0.3) is 16.8 Å². The highest BCUT2D eigenvalue weighted by Gasteiger charge is 2.11. The van der Waals surface area contributed by atoms with E-state index >= 15 is 0 Å². The van der Waals surface area contributed by atoms with E-state index in [1.165, 1.54) is 4.52 Å². The number of fused-ring (bicyclic) bond motifs is 1. The Morgan fingerprint density at radius 1 is 0.958 bits per heavy atom. The van der Waals surface area contributed by atoms with Crippen molar-refractivity contribution in [3.8, 4) is 22.8 Å². The van der Waals surface area contributed by atoms with Gasteiger partial charge in [-0.15, -0.1) is 15.3 Å². The van der Waals surface area contributed by atoms with Crippen LogP contribution in [0, 0.1) is 0 Å². The third-order valence-corrected chi connectivity index (χ3v) is 3.74. The average molecular weight is 338 g/mol. The Hall–Kier alpha value is -3.12. The molecule has 2 aromatic carbocycles. The number of hydrogen-bond donors (Lipinski definition) is 1. The van der Waals surface area contributed by atoms with Gasteiger partial charge < -0.3 is 10.5 Å². The van der Waals surface area contributed by atoms with E-state index in [9.17, 15) is 0 Å². The van der Waals surface area contributed by atoms with Crippen LogP contribution in [0.15, 0.2) is 60.7 Å². The summed E-state index contributed by atoms with van der Waals surface area (Å²) in [6.07, 6.45) is 0. The Kier molecular flexibility index (Phi) is 3.51. The molecule has 0 radical (unpaired) electrons. The third-order valence-electron chi connectivity index (χ3n) is 3.50. The van der Waals surface area contributed by atoms with Crippen LogP contribution in [-0.4, -0.2) is 19.8 Å². The molecule has 24 heavy (non-hydrogen) atoms. The van der Waals surface area contributed by atoms with E-state index in [1.54, 1.807) is 18.2 Å². The molecule has 4 aromatic rings. The molecule has 2 aromatic heterocycles. The first-order valence-corrected chi connectivity index (χ1v) is 7.59. The van der Waals surface area contributed by atoms with Crippen molar-refractivity contribution >= 4 is 22.9 Å². The number of nitrogens with two attached hydrogens (primary N) is 1. The number of aromatic nitrogens is 4. The predicted molar refractivity (Wildman–Crippen MR) is 92.2 cm³/mol. The van der Waals surface area contributed by atoms with Gasteiger partial charge in [0.15, 0.2) is 5.65 Å². The number of rotatable bonds is 3. The highest BCUT2D eigenvalue weighted by Crippen LogP contribution is 2.34. The molecule has 0 aliphatic heterocycles. The largest absolute Gasteiger partial charge is 0.437 e. The van der Waals surface area contributed by atoms with Crippen molar-refractivity contribution in [1.82, 2.24) is 19.8 Å². The second kappa shape index (κ2) is 5.82. The summed E-state index contributed by atoms with van der Waals surface area (Å²) in [6, 6.07) is 18.8. The zero-order chi connectivity index (χ0) is 16.5. The van der Waals surface area contributed by atoms with Crippen molar-refractivity contribution in [1.29, 1.82) is 0 Å². The van der Waals surface area contributed by atoms with Gasteiger partial charge in [-0.05, 0) is 41.4 Å². The van der Waals surface area contributed by atoms with Crippen LogP contribution >= 0.6 is 11.6 Å². The zero-order valence-corrected chi connectivity index (χ0v) is 13.2. The minimum absolute atomic E-state index is 0.177. The molecule has 6 nitrogen and oxygen atoms in total. The Bertz CT molecular complexity index is 1020. The molecular weight excluding hydrogens is 326 g/mol. The molecule has 0 amide bonds. The van der Waals surface area contributed by atoms with Crippen LogP contribution in [-0.2, 0) is 0 Å². The molecule has 118 valence electrons. The van der Waals surface area contributed by atoms with E-state index in [-0.39, 0.29) is 5.28 Å². The lowest BCUT2D eigenvalue weighted by molar-refractivity contribution is 0.454. The third kappa shape index (κ3) is 2.63. The van der Waals surface area contributed by atoms with Crippen LogP contribution in [0.5, 0.6) is 11.6 Å². The molecule has 0 spiro atoms. The van der Waals surface area contributed by atoms with Crippen LogP contribution in [0.2, 0.25) is 5.28 Å². The lowest BCUT2D eigenvalue weighted by Crippen LogP contribution is -1.97. The van der Waals surface area contributed by atoms with Gasteiger partial charge in [0.05, 0.1) is 0 Å². The first-order valence-electron chi connectivity index (χ1n) is 7.21. The molecule has 0 aliphatic rings. The van der Waals surface area contributed by atoms with Crippen molar-refractivity contribution in [3.63, 3.8) is 0 Å². The monoisotopic (exact) mass is 337 g/mol. The molecule has 0 aliphatic carbocycles. The number of halogens is 1. The molecule has 7 heteroatoms. The van der Waals surface area contributed by atoms with Crippen molar-refractivity contribution < 1.29 is 4.74 Å². The van der Waals surface area contributed by atoms with Crippen LogP contribution in [0.1, 0.15) is 0 Å². The van der Waals surface area contributed by atoms with Crippen LogP contribution in [0.4, 0.5) is 5.69 Å². The molecule has 0 bridgehead atoms. The first-order chi connectivity index (χ1) is 11.7. The van der Waals surface area contributed by atoms with Gasteiger partial charge in [-0.2, -0.15) is 4.52 Å². The van der Waals surface area contributed by atoms with E-state index in [0.717, 1.165) is 11.1 Å². The zero-order valence-electron chi connectivity index (χ0n) is 12.4. The van der Waals surface area contributed by atoms with Crippen molar-refractivity contribution in [2.24, 2.45) is 0 Å². The summed E-state index contributed by atoms with van der Waals surface area (Å²) in [7, 11) is 0. The smallest absolute Gasteiger partial charge is 0.246 e. The minimum atomic E-state index is 0.177. The number of nitrogens with zero attached hydrogens (tertiary/aromatic N) is 4. The lowest BCUT2D eigenvalue weighted by atomic mass is 10.0. The summed E-state index contributed by atoms with van der Waals surface area (Å²) in [4.78, 5) is 0. The second-order valence-electron chi connectivity index (χ2n) is 5.13. The number of hydrogen-bond acceptors (Lipinski definition) is 5. The highest BCUT2D eigenvalue weighted by molar-refractivity contribution is 6.28. The van der Waals surface area contributed by atoms with E-state index in [0.29, 0.717) is 23.0 Å². The van der Waals surface area contributed by atoms with Crippen molar-refractivity contribution in [3.05, 3.63) is 65.9 Å². The van der Waals surface area contributed by atoms with Crippen LogP contribution in [0.3, 0.4) is 0 Å². The fourth-order valence-corrected chi connectivity index (χ4v) is 2.56. The van der Waals surface area contributed by atoms with Crippen molar-refractivity contribution in [2.75, 3.05) is 5.73 Å². The standard InChI is InChI=1S/C17H12ClN5O/c18-17-21-20-15-8-9-16(22-23(15)17)24-14-7-6-12(19)10-13(14)11-4-2-1-3-5-11/h1-10H,19H2. The quantitative estimate of drug-likeness (QED) is 0.575. The molecular formula is C17H12ClN5O. The Morgan fingerprint density at radius 3 is 2.62 bits per heavy atom. The predicted octanol–water partition coefficient (Wildman–Crippen LogP) is 3.82. The summed E-state index contributed by atoms with van der Waals surface area (Å²) in [5.74, 6) is 1.03. The average Bonchev–Trinajstić information content (AvgIpc) is 2.98. The first kappa shape index (κ1) is 14.5. The van der Waals surface area contributed by atoms with Gasteiger partial charge in [-0.1, -0.05) is 30.3 Å². The number of anilines is 1. The molecule has 0 saturated carbocycles. The van der Waals surface area contributed by atoms with Gasteiger partial charge in [0, 0.05) is 17.3 Å². The second-order valence-corrected chi connectivity index (χ2v) is 5.47. The van der Waals surface area contributed by atoms with Gasteiger partial charge in [-0.3, -0.25) is 0 Å². The molecule has 4 rings (SSSR count). The summed E-state index contributed by atoms with van der Waals surface area (Å²) >= 11 is 5.95. The molecule has 2 N–H and O–H groups in total. The normalized spacial score (nSPS) is 10.9. The number of benzene rings is 2. The molecule has 2 heterocycles. The minimum Gasteiger partial charge on any atom is -0.437 e. The topological polar surface area (TPSA) is 78.3 Å². The summed E-state index contributed by atoms with van der Waals surface area (Å²) in [6.45, 7) is 0. The summed E-state index contributed by atoms with van der Waals surface area (Å²) < 4.78 is 7.36. The number of ether oxygens (including phenoxy) is 1. The highest BCUT2D eigenvalue weighted by atomic mass is 35.5. The fourth-order valence-electron chi connectivity index (χ4n) is 2.39. The maximum Gasteiger partial charge on any atom is 0.246 e. The van der Waals surface area contributed by atoms with Gasteiger partial charge >= 0.3 is 0 Å². The SMILES string of the molecule is Nc1ccc(Oc2ccc3nnc(Cl)n3n2)c(-c2ccccc2)c1. The Morgan fingerprint density at radius 2 is 1.79 bits per heavy atom. The Labute approximate surface area is 142 Å². The molecule has 0 saturated heterocycles. The Balaban J connectivity index is 1.77. The summed E-state index contributed by atoms with van der Waals surface area (Å²) in [5.41, 5.74) is 9.02. The lowest BCUT2D eigenvalue weighted by Gasteiger charge is -2.11. The maximum absolute atomic E-state index is 5.95. The molecule has 0 atom stereocenters. The number of nitrogen functional groups attached to an aromatic ring is 1. The van der Waals surface area contributed by atoms with Crippen molar-refractivity contribution in [2.45, 2.75) is 0 Å². The van der Waals surface area contributed by atoms with Crippen LogP contribution < -0.4 is 10.5 Å². The van der Waals surface area contributed by atoms with Gasteiger partial charge in [-0.25, -0.2) is 0 Å². The van der Waals surface area contributed by atoms with Gasteiger partial charge in [0.2, 0.25) is 11.2 Å². The van der Waals surface area contributed by atoms with Gasteiger partial charge in [0.25, 0.3) is 0 Å². The fraction of sp³-hybridized carbons (Fsp3) is 0. The van der Waals surface area contributed by atoms with Gasteiger partial charge in [0.1, 0.15) is 5.75 Å². The molecule has 0 fully saturated rings. The maximum atomic E-state index is 5.95.